The van der Waals surface area contributed by atoms with Crippen LogP contribution < -0.4 is 5.73 Å². The smallest absolute Gasteiger partial charge is 0.187 e. The van der Waals surface area contributed by atoms with Gasteiger partial charge in [-0.25, -0.2) is 0 Å². The SMILES string of the molecule is Cc1c(N)cccc1-c1nnnn1-c1ccc(Cl)cc1Cl. The number of anilines is 1. The van der Waals surface area contributed by atoms with Crippen LogP contribution in [0.15, 0.2) is 36.4 Å². The van der Waals surface area contributed by atoms with Crippen molar-refractivity contribution in [1.29, 1.82) is 0 Å². The van der Waals surface area contributed by atoms with E-state index in [1.165, 1.54) is 0 Å². The zero-order chi connectivity index (χ0) is 15.0. The van der Waals surface area contributed by atoms with Gasteiger partial charge in [-0.2, -0.15) is 4.68 Å². The molecule has 0 aliphatic carbocycles. The molecule has 1 heterocycles. The normalized spacial score (nSPS) is 10.8. The molecule has 1 aromatic heterocycles. The molecule has 0 bridgehead atoms. The fourth-order valence-electron chi connectivity index (χ4n) is 2.07. The fourth-order valence-corrected chi connectivity index (χ4v) is 2.55. The van der Waals surface area contributed by atoms with Crippen LogP contribution in [-0.2, 0) is 0 Å². The van der Waals surface area contributed by atoms with Gasteiger partial charge in [-0.05, 0) is 47.2 Å². The van der Waals surface area contributed by atoms with Crippen molar-refractivity contribution in [3.05, 3.63) is 52.0 Å². The first kappa shape index (κ1) is 13.9. The number of hydrogen-bond acceptors (Lipinski definition) is 4. The predicted octanol–water partition coefficient (Wildman–Crippen LogP) is 3.53. The number of tetrazole rings is 1. The second-order valence-electron chi connectivity index (χ2n) is 4.53. The number of nitrogen functional groups attached to an aromatic ring is 1. The Balaban J connectivity index is 2.20. The average molecular weight is 320 g/mol. The minimum atomic E-state index is 0.470. The maximum atomic E-state index is 6.23. The molecule has 0 fully saturated rings. The lowest BCUT2D eigenvalue weighted by molar-refractivity contribution is 0.791. The molecule has 3 aromatic rings. The highest BCUT2D eigenvalue weighted by atomic mass is 35.5. The molecule has 0 spiro atoms. The van der Waals surface area contributed by atoms with Gasteiger partial charge in [0.15, 0.2) is 5.82 Å². The van der Waals surface area contributed by atoms with Gasteiger partial charge < -0.3 is 5.73 Å². The van der Waals surface area contributed by atoms with Crippen LogP contribution in [0.5, 0.6) is 0 Å². The van der Waals surface area contributed by atoms with E-state index in [0.717, 1.165) is 11.1 Å². The quantitative estimate of drug-likeness (QED) is 0.733. The van der Waals surface area contributed by atoms with Gasteiger partial charge in [-0.1, -0.05) is 35.3 Å². The van der Waals surface area contributed by atoms with E-state index in [2.05, 4.69) is 15.5 Å². The maximum Gasteiger partial charge on any atom is 0.187 e. The summed E-state index contributed by atoms with van der Waals surface area (Å²) in [4.78, 5) is 0. The Labute approximate surface area is 131 Å². The minimum absolute atomic E-state index is 0.470. The van der Waals surface area contributed by atoms with Crippen molar-refractivity contribution in [3.8, 4) is 17.1 Å². The molecule has 0 aliphatic heterocycles. The Morgan fingerprint density at radius 3 is 2.71 bits per heavy atom. The second-order valence-corrected chi connectivity index (χ2v) is 5.37. The molecule has 106 valence electrons. The first-order valence-corrected chi connectivity index (χ1v) is 6.93. The van der Waals surface area contributed by atoms with E-state index in [4.69, 9.17) is 28.9 Å². The summed E-state index contributed by atoms with van der Waals surface area (Å²) in [5.74, 6) is 0.573. The molecule has 7 heteroatoms. The highest BCUT2D eigenvalue weighted by Crippen LogP contribution is 2.29. The highest BCUT2D eigenvalue weighted by Gasteiger charge is 2.16. The van der Waals surface area contributed by atoms with Crippen molar-refractivity contribution in [2.45, 2.75) is 6.92 Å². The number of nitrogens with two attached hydrogens (primary N) is 1. The van der Waals surface area contributed by atoms with Crippen LogP contribution in [0.1, 0.15) is 5.56 Å². The van der Waals surface area contributed by atoms with Crippen LogP contribution in [0.2, 0.25) is 10.0 Å². The Morgan fingerprint density at radius 2 is 1.95 bits per heavy atom. The van der Waals surface area contributed by atoms with Gasteiger partial charge >= 0.3 is 0 Å². The lowest BCUT2D eigenvalue weighted by Crippen LogP contribution is -2.02. The molecule has 0 radical (unpaired) electrons. The maximum absolute atomic E-state index is 6.23. The van der Waals surface area contributed by atoms with Crippen LogP contribution in [0.25, 0.3) is 17.1 Å². The largest absolute Gasteiger partial charge is 0.398 e. The summed E-state index contributed by atoms with van der Waals surface area (Å²) in [6, 6.07) is 10.8. The van der Waals surface area contributed by atoms with Crippen molar-refractivity contribution in [2.75, 3.05) is 5.73 Å². The van der Waals surface area contributed by atoms with Crippen molar-refractivity contribution >= 4 is 28.9 Å². The third-order valence-electron chi connectivity index (χ3n) is 3.22. The van der Waals surface area contributed by atoms with E-state index in [0.29, 0.717) is 27.2 Å². The molecule has 2 aromatic carbocycles. The van der Waals surface area contributed by atoms with E-state index >= 15 is 0 Å². The van der Waals surface area contributed by atoms with E-state index in [9.17, 15) is 0 Å². The Kier molecular flexibility index (Phi) is 3.53. The van der Waals surface area contributed by atoms with Crippen molar-refractivity contribution in [3.63, 3.8) is 0 Å². The van der Waals surface area contributed by atoms with Gasteiger partial charge in [-0.15, -0.1) is 5.10 Å². The first-order chi connectivity index (χ1) is 10.1. The van der Waals surface area contributed by atoms with Gasteiger partial charge in [0.2, 0.25) is 0 Å². The highest BCUT2D eigenvalue weighted by molar-refractivity contribution is 6.35. The van der Waals surface area contributed by atoms with Crippen LogP contribution in [0.3, 0.4) is 0 Å². The van der Waals surface area contributed by atoms with Crippen molar-refractivity contribution in [2.24, 2.45) is 0 Å². The topological polar surface area (TPSA) is 69.6 Å². The molecule has 2 N–H and O–H groups in total. The third-order valence-corrected chi connectivity index (χ3v) is 3.76. The number of nitrogens with zero attached hydrogens (tertiary/aromatic N) is 4. The standard InChI is InChI=1S/C14H11Cl2N5/c1-8-10(3-2-4-12(8)17)14-18-19-20-21(14)13-6-5-9(15)7-11(13)16/h2-7H,17H2,1H3. The number of aromatic nitrogens is 4. The summed E-state index contributed by atoms with van der Waals surface area (Å²) in [6.45, 7) is 1.92. The third kappa shape index (κ3) is 2.46. The second kappa shape index (κ2) is 5.35. The van der Waals surface area contributed by atoms with Crippen LogP contribution in [0, 0.1) is 6.92 Å². The summed E-state index contributed by atoms with van der Waals surface area (Å²) in [7, 11) is 0. The molecule has 3 rings (SSSR count). The summed E-state index contributed by atoms with van der Waals surface area (Å²) >= 11 is 12.1. The first-order valence-electron chi connectivity index (χ1n) is 6.17. The van der Waals surface area contributed by atoms with Crippen molar-refractivity contribution in [1.82, 2.24) is 20.2 Å². The van der Waals surface area contributed by atoms with E-state index in [1.54, 1.807) is 22.9 Å². The monoisotopic (exact) mass is 319 g/mol. The molecule has 21 heavy (non-hydrogen) atoms. The number of hydrogen-bond donors (Lipinski definition) is 1. The molecule has 0 amide bonds. The van der Waals surface area contributed by atoms with E-state index in [1.807, 2.05) is 25.1 Å². The minimum Gasteiger partial charge on any atom is -0.398 e. The molecule has 0 aliphatic rings. The summed E-state index contributed by atoms with van der Waals surface area (Å²) in [5, 5.41) is 12.9. The lowest BCUT2D eigenvalue weighted by atomic mass is 10.1. The summed E-state index contributed by atoms with van der Waals surface area (Å²) < 4.78 is 1.57. The zero-order valence-electron chi connectivity index (χ0n) is 11.1. The fraction of sp³-hybridized carbons (Fsp3) is 0.0714. The lowest BCUT2D eigenvalue weighted by Gasteiger charge is -2.10. The van der Waals surface area contributed by atoms with E-state index < -0.39 is 0 Å². The van der Waals surface area contributed by atoms with Gasteiger partial charge in [-0.3, -0.25) is 0 Å². The molecule has 5 nitrogen and oxygen atoms in total. The summed E-state index contributed by atoms with van der Waals surface area (Å²) in [6.07, 6.45) is 0. The van der Waals surface area contributed by atoms with Crippen LogP contribution in [-0.4, -0.2) is 20.2 Å². The Morgan fingerprint density at radius 1 is 1.14 bits per heavy atom. The number of rotatable bonds is 2. The Hall–Kier alpha value is -2.11. The zero-order valence-corrected chi connectivity index (χ0v) is 12.6. The van der Waals surface area contributed by atoms with Gasteiger partial charge in [0.25, 0.3) is 0 Å². The number of halogens is 2. The van der Waals surface area contributed by atoms with Gasteiger partial charge in [0.1, 0.15) is 0 Å². The Bertz CT molecular complexity index is 813. The molecular formula is C14H11Cl2N5. The molecule has 0 unspecified atom stereocenters. The molecular weight excluding hydrogens is 309 g/mol. The average Bonchev–Trinajstić information content (AvgIpc) is 2.91. The predicted molar refractivity (Wildman–Crippen MR) is 83.8 cm³/mol. The van der Waals surface area contributed by atoms with Crippen LogP contribution in [0.4, 0.5) is 5.69 Å². The molecule has 0 atom stereocenters. The van der Waals surface area contributed by atoms with Crippen LogP contribution >= 0.6 is 23.2 Å². The van der Waals surface area contributed by atoms with Gasteiger partial charge in [0, 0.05) is 16.3 Å². The molecule has 0 saturated carbocycles. The number of benzene rings is 2. The summed E-state index contributed by atoms with van der Waals surface area (Å²) in [5.41, 5.74) is 9.05. The van der Waals surface area contributed by atoms with Crippen molar-refractivity contribution < 1.29 is 0 Å². The van der Waals surface area contributed by atoms with E-state index in [-0.39, 0.29) is 0 Å². The van der Waals surface area contributed by atoms with Gasteiger partial charge in [0.05, 0.1) is 10.7 Å². The molecule has 0 saturated heterocycles.